The summed E-state index contributed by atoms with van der Waals surface area (Å²) in [6.45, 7) is 0.271. The summed E-state index contributed by atoms with van der Waals surface area (Å²) in [6.07, 6.45) is -6.70. The number of rotatable bonds is 6. The number of nitrogens with zero attached hydrogens (tertiary/aromatic N) is 1. The number of alkyl halides is 3. The molecule has 11 heteroatoms. The average molecular weight is 307 g/mol. The third-order valence-corrected chi connectivity index (χ3v) is 3.05. The SMILES string of the molecule is CC(C)OC(=O)NS(=O)(=O)N(CCN)CC(F)(F)F. The third kappa shape index (κ3) is 7.85. The van der Waals surface area contributed by atoms with Crippen LogP contribution in [0.2, 0.25) is 0 Å². The Labute approximate surface area is 109 Å². The van der Waals surface area contributed by atoms with Crippen molar-refractivity contribution in [3.05, 3.63) is 0 Å². The smallest absolute Gasteiger partial charge is 0.422 e. The van der Waals surface area contributed by atoms with E-state index in [-0.39, 0.29) is 10.8 Å². The van der Waals surface area contributed by atoms with Crippen LogP contribution >= 0.6 is 0 Å². The molecule has 0 aliphatic rings. The van der Waals surface area contributed by atoms with Crippen molar-refractivity contribution in [1.29, 1.82) is 0 Å². The van der Waals surface area contributed by atoms with Crippen LogP contribution in [0.15, 0.2) is 0 Å². The molecule has 7 nitrogen and oxygen atoms in total. The minimum absolute atomic E-state index is 0.0224. The van der Waals surface area contributed by atoms with E-state index in [1.54, 1.807) is 0 Å². The van der Waals surface area contributed by atoms with Gasteiger partial charge in [-0.1, -0.05) is 0 Å². The van der Waals surface area contributed by atoms with Gasteiger partial charge in [0, 0.05) is 13.1 Å². The van der Waals surface area contributed by atoms with Crippen molar-refractivity contribution in [2.75, 3.05) is 19.6 Å². The zero-order chi connectivity index (χ0) is 15.3. The van der Waals surface area contributed by atoms with E-state index in [1.807, 2.05) is 0 Å². The second-order valence-electron chi connectivity index (χ2n) is 3.80. The average Bonchev–Trinajstić information content (AvgIpc) is 2.12. The number of ether oxygens (including phenoxy) is 1. The van der Waals surface area contributed by atoms with Gasteiger partial charge in [0.15, 0.2) is 0 Å². The van der Waals surface area contributed by atoms with Gasteiger partial charge in [0.25, 0.3) is 0 Å². The summed E-state index contributed by atoms with van der Waals surface area (Å²) in [6, 6.07) is 0. The Kier molecular flexibility index (Phi) is 6.52. The maximum Gasteiger partial charge on any atom is 0.422 e. The molecular formula is C8H16F3N3O4S. The molecule has 114 valence electrons. The summed E-state index contributed by atoms with van der Waals surface area (Å²) < 4.78 is 65.6. The third-order valence-electron chi connectivity index (χ3n) is 1.63. The fraction of sp³-hybridized carbons (Fsp3) is 0.875. The van der Waals surface area contributed by atoms with Gasteiger partial charge >= 0.3 is 22.5 Å². The fourth-order valence-corrected chi connectivity index (χ4v) is 2.09. The molecule has 0 aliphatic carbocycles. The Morgan fingerprint density at radius 1 is 1.42 bits per heavy atom. The number of carbonyl (C=O) groups is 1. The normalized spacial score (nSPS) is 12.8. The van der Waals surface area contributed by atoms with Crippen molar-refractivity contribution in [1.82, 2.24) is 9.03 Å². The van der Waals surface area contributed by atoms with E-state index in [2.05, 4.69) is 4.74 Å². The van der Waals surface area contributed by atoms with E-state index in [0.29, 0.717) is 0 Å². The van der Waals surface area contributed by atoms with Gasteiger partial charge in [-0.05, 0) is 13.8 Å². The molecule has 0 heterocycles. The summed E-state index contributed by atoms with van der Waals surface area (Å²) in [5.74, 6) is 0. The molecule has 0 atom stereocenters. The standard InChI is InChI=1S/C8H16F3N3O4S/c1-6(2)18-7(15)13-19(16,17)14(4-3-12)5-8(9,10)11/h6H,3-5,12H2,1-2H3,(H,13,15). The summed E-state index contributed by atoms with van der Waals surface area (Å²) in [7, 11) is -4.65. The maximum absolute atomic E-state index is 12.2. The van der Waals surface area contributed by atoms with Crippen molar-refractivity contribution >= 4 is 16.3 Å². The molecule has 1 amide bonds. The van der Waals surface area contributed by atoms with Crippen LogP contribution in [0.4, 0.5) is 18.0 Å². The second-order valence-corrected chi connectivity index (χ2v) is 5.47. The van der Waals surface area contributed by atoms with Crippen LogP contribution in [0.25, 0.3) is 0 Å². The Balaban J connectivity index is 4.84. The molecule has 0 aliphatic heterocycles. The predicted octanol–water partition coefficient (Wildman–Crippen LogP) is 0.189. The lowest BCUT2D eigenvalue weighted by molar-refractivity contribution is -0.136. The largest absolute Gasteiger partial charge is 0.446 e. The molecule has 0 radical (unpaired) electrons. The lowest BCUT2D eigenvalue weighted by atomic mass is 10.5. The minimum Gasteiger partial charge on any atom is -0.446 e. The van der Waals surface area contributed by atoms with Crippen molar-refractivity contribution in [2.24, 2.45) is 5.73 Å². The highest BCUT2D eigenvalue weighted by Crippen LogP contribution is 2.17. The van der Waals surface area contributed by atoms with Gasteiger partial charge in [0.1, 0.15) is 6.54 Å². The number of carbonyl (C=O) groups excluding carboxylic acids is 1. The highest BCUT2D eigenvalue weighted by molar-refractivity contribution is 7.87. The first-order valence-corrected chi connectivity index (χ1v) is 6.67. The van der Waals surface area contributed by atoms with Crippen LogP contribution < -0.4 is 10.5 Å². The number of amides is 1. The summed E-state index contributed by atoms with van der Waals surface area (Å²) in [4.78, 5) is 11.1. The van der Waals surface area contributed by atoms with Crippen molar-refractivity contribution < 1.29 is 31.1 Å². The van der Waals surface area contributed by atoms with E-state index in [9.17, 15) is 26.4 Å². The van der Waals surface area contributed by atoms with Crippen LogP contribution in [0, 0.1) is 0 Å². The first-order valence-electron chi connectivity index (χ1n) is 5.23. The predicted molar refractivity (Wildman–Crippen MR) is 60.4 cm³/mol. The van der Waals surface area contributed by atoms with E-state index in [0.717, 1.165) is 0 Å². The molecule has 0 aromatic carbocycles. The van der Waals surface area contributed by atoms with E-state index in [1.165, 1.54) is 18.6 Å². The fourth-order valence-electron chi connectivity index (χ4n) is 1.04. The van der Waals surface area contributed by atoms with Gasteiger partial charge in [-0.3, -0.25) is 0 Å². The van der Waals surface area contributed by atoms with Crippen molar-refractivity contribution in [3.63, 3.8) is 0 Å². The number of hydrogen-bond donors (Lipinski definition) is 2. The van der Waals surface area contributed by atoms with Crippen LogP contribution in [-0.4, -0.2) is 50.7 Å². The van der Waals surface area contributed by atoms with Crippen molar-refractivity contribution in [3.8, 4) is 0 Å². The molecule has 0 aromatic heterocycles. The van der Waals surface area contributed by atoms with E-state index in [4.69, 9.17) is 5.73 Å². The Hall–Kier alpha value is -1.07. The molecule has 0 rings (SSSR count). The molecule has 0 bridgehead atoms. The van der Waals surface area contributed by atoms with Gasteiger partial charge < -0.3 is 10.5 Å². The minimum atomic E-state index is -4.74. The topological polar surface area (TPSA) is 102 Å². The first-order chi connectivity index (χ1) is 8.48. The summed E-state index contributed by atoms with van der Waals surface area (Å²) >= 11 is 0. The second kappa shape index (κ2) is 6.91. The molecule has 0 saturated heterocycles. The summed E-state index contributed by atoms with van der Waals surface area (Å²) in [5, 5.41) is 0. The zero-order valence-corrected chi connectivity index (χ0v) is 11.2. The lowest BCUT2D eigenvalue weighted by Crippen LogP contribution is -2.49. The van der Waals surface area contributed by atoms with Crippen LogP contribution in [0.1, 0.15) is 13.8 Å². The van der Waals surface area contributed by atoms with Crippen LogP contribution in [0.5, 0.6) is 0 Å². The quantitative estimate of drug-likeness (QED) is 0.729. The van der Waals surface area contributed by atoms with E-state index >= 15 is 0 Å². The lowest BCUT2D eigenvalue weighted by Gasteiger charge is -2.22. The molecular weight excluding hydrogens is 291 g/mol. The summed E-state index contributed by atoms with van der Waals surface area (Å²) in [5.41, 5.74) is 5.04. The Morgan fingerprint density at radius 2 is 1.95 bits per heavy atom. The van der Waals surface area contributed by atoms with Crippen LogP contribution in [-0.2, 0) is 14.9 Å². The molecule has 19 heavy (non-hydrogen) atoms. The van der Waals surface area contributed by atoms with Gasteiger partial charge in [-0.25, -0.2) is 9.52 Å². The first kappa shape index (κ1) is 17.9. The molecule has 0 fully saturated rings. The van der Waals surface area contributed by atoms with Gasteiger partial charge in [0.2, 0.25) is 0 Å². The molecule has 0 saturated carbocycles. The highest BCUT2D eigenvalue weighted by Gasteiger charge is 2.36. The van der Waals surface area contributed by atoms with Gasteiger partial charge in [0.05, 0.1) is 6.10 Å². The molecule has 3 N–H and O–H groups in total. The molecule has 0 spiro atoms. The van der Waals surface area contributed by atoms with Gasteiger partial charge in [-0.15, -0.1) is 0 Å². The van der Waals surface area contributed by atoms with Crippen molar-refractivity contribution in [2.45, 2.75) is 26.1 Å². The number of nitrogens with two attached hydrogens (primary N) is 1. The van der Waals surface area contributed by atoms with Crippen LogP contribution in [0.3, 0.4) is 0 Å². The number of hydrogen-bond acceptors (Lipinski definition) is 5. The van der Waals surface area contributed by atoms with Gasteiger partial charge in [-0.2, -0.15) is 25.9 Å². The highest BCUT2D eigenvalue weighted by atomic mass is 32.2. The molecule has 0 aromatic rings. The maximum atomic E-state index is 12.2. The monoisotopic (exact) mass is 307 g/mol. The zero-order valence-electron chi connectivity index (χ0n) is 10.4. The number of nitrogens with one attached hydrogen (secondary N) is 1. The number of halogens is 3. The Morgan fingerprint density at radius 3 is 2.32 bits per heavy atom. The molecule has 0 unspecified atom stereocenters. The van der Waals surface area contributed by atoms with E-state index < -0.39 is 41.7 Å². The Bertz CT molecular complexity index is 397.